The van der Waals surface area contributed by atoms with Gasteiger partial charge in [-0.15, -0.1) is 0 Å². The van der Waals surface area contributed by atoms with Gasteiger partial charge in [-0.1, -0.05) is 12.1 Å². The number of aryl methyl sites for hydroxylation is 1. The summed E-state index contributed by atoms with van der Waals surface area (Å²) in [7, 11) is 1.94. The number of imidazole rings is 1. The molecule has 1 heterocycles. The fraction of sp³-hybridized carbons (Fsp3) is 0.286. The fourth-order valence-electron chi connectivity index (χ4n) is 2.27. The minimum absolute atomic E-state index is 0.219. The van der Waals surface area contributed by atoms with Gasteiger partial charge in [0.1, 0.15) is 12.4 Å². The number of fused-ring (bicyclic) bond motifs is 1. The van der Waals surface area contributed by atoms with Crippen LogP contribution in [0.3, 0.4) is 0 Å². The Morgan fingerprint density at radius 1 is 1.39 bits per heavy atom. The minimum Gasteiger partial charge on any atom is -0.487 e. The number of Topliss-reactive ketones (excluding diaryl/α,β-unsaturated/α-hetero) is 1. The topological polar surface area (TPSA) is 44.1 Å². The van der Waals surface area contributed by atoms with E-state index in [4.69, 9.17) is 4.74 Å². The molecule has 1 aliphatic rings. The Balaban J connectivity index is 1.82. The number of carbonyl (C=O) groups is 1. The molecule has 0 bridgehead atoms. The van der Waals surface area contributed by atoms with Crippen LogP contribution in [0, 0.1) is 0 Å². The third-order valence-corrected chi connectivity index (χ3v) is 3.33. The first-order valence-corrected chi connectivity index (χ1v) is 5.99. The molecule has 0 aliphatic heterocycles. The Labute approximate surface area is 105 Å². The van der Waals surface area contributed by atoms with Gasteiger partial charge in [0.25, 0.3) is 0 Å². The lowest BCUT2D eigenvalue weighted by Gasteiger charge is -2.10. The van der Waals surface area contributed by atoms with E-state index in [1.165, 1.54) is 0 Å². The molecule has 0 radical (unpaired) electrons. The first-order valence-electron chi connectivity index (χ1n) is 5.99. The van der Waals surface area contributed by atoms with Crippen LogP contribution in [0.25, 0.3) is 0 Å². The maximum Gasteiger partial charge on any atom is 0.163 e. The van der Waals surface area contributed by atoms with Crippen LogP contribution >= 0.6 is 0 Å². The predicted molar refractivity (Wildman–Crippen MR) is 66.6 cm³/mol. The van der Waals surface area contributed by atoms with Gasteiger partial charge in [-0.3, -0.25) is 4.79 Å². The van der Waals surface area contributed by atoms with Crippen LogP contribution in [-0.4, -0.2) is 15.3 Å². The fourth-order valence-corrected chi connectivity index (χ4v) is 2.27. The Morgan fingerprint density at radius 2 is 2.28 bits per heavy atom. The summed E-state index contributed by atoms with van der Waals surface area (Å²) in [4.78, 5) is 15.7. The number of hydrogen-bond acceptors (Lipinski definition) is 3. The first kappa shape index (κ1) is 11.0. The van der Waals surface area contributed by atoms with Crippen molar-refractivity contribution < 1.29 is 9.53 Å². The lowest BCUT2D eigenvalue weighted by Crippen LogP contribution is -2.03. The van der Waals surface area contributed by atoms with Gasteiger partial charge in [0.15, 0.2) is 5.78 Å². The van der Waals surface area contributed by atoms with E-state index in [2.05, 4.69) is 4.98 Å². The summed E-state index contributed by atoms with van der Waals surface area (Å²) < 4.78 is 7.73. The van der Waals surface area contributed by atoms with E-state index in [9.17, 15) is 4.79 Å². The van der Waals surface area contributed by atoms with Crippen LogP contribution in [-0.2, 0) is 20.1 Å². The number of ether oxygens (including phenoxy) is 1. The van der Waals surface area contributed by atoms with Crippen molar-refractivity contribution in [1.29, 1.82) is 0 Å². The molecule has 4 nitrogen and oxygen atoms in total. The lowest BCUT2D eigenvalue weighted by molar-refractivity contribution is 0.0994. The molecule has 1 aromatic heterocycles. The summed E-state index contributed by atoms with van der Waals surface area (Å²) in [5.41, 5.74) is 2.87. The molecule has 4 heteroatoms. The molecule has 0 fully saturated rings. The Hall–Kier alpha value is -2.10. The van der Waals surface area contributed by atoms with Gasteiger partial charge in [-0.2, -0.15) is 0 Å². The van der Waals surface area contributed by atoms with E-state index in [0.29, 0.717) is 13.0 Å². The van der Waals surface area contributed by atoms with E-state index in [0.717, 1.165) is 29.0 Å². The normalized spacial score (nSPS) is 13.7. The number of carbonyl (C=O) groups excluding carboxylic acids is 1. The van der Waals surface area contributed by atoms with Crippen LogP contribution in [0.4, 0.5) is 0 Å². The number of ketones is 1. The number of nitrogens with zero attached hydrogens (tertiary/aromatic N) is 2. The van der Waals surface area contributed by atoms with Crippen LogP contribution in [0.1, 0.15) is 28.0 Å². The van der Waals surface area contributed by atoms with Gasteiger partial charge in [0.2, 0.25) is 0 Å². The second-order valence-electron chi connectivity index (χ2n) is 4.49. The molecular weight excluding hydrogens is 228 g/mol. The zero-order valence-corrected chi connectivity index (χ0v) is 10.2. The average molecular weight is 242 g/mol. The molecule has 0 saturated carbocycles. The molecule has 2 aromatic rings. The zero-order valence-electron chi connectivity index (χ0n) is 10.2. The Bertz CT molecular complexity index is 602. The monoisotopic (exact) mass is 242 g/mol. The van der Waals surface area contributed by atoms with E-state index in [1.807, 2.05) is 29.8 Å². The van der Waals surface area contributed by atoms with E-state index < -0.39 is 0 Å². The Kier molecular flexibility index (Phi) is 2.63. The van der Waals surface area contributed by atoms with Gasteiger partial charge in [-0.25, -0.2) is 4.98 Å². The Morgan fingerprint density at radius 3 is 3.06 bits per heavy atom. The molecule has 0 unspecified atom stereocenters. The van der Waals surface area contributed by atoms with Crippen LogP contribution in [0.5, 0.6) is 5.75 Å². The standard InChI is InChI=1S/C14H14N2O2/c1-16-9-15-7-10(16)8-18-14-4-2-3-11-12(14)5-6-13(11)17/h2-4,7,9H,5-6,8H2,1H3. The highest BCUT2D eigenvalue weighted by atomic mass is 16.5. The molecule has 18 heavy (non-hydrogen) atoms. The van der Waals surface area contributed by atoms with Crippen molar-refractivity contribution in [3.05, 3.63) is 47.5 Å². The molecule has 0 atom stereocenters. The number of rotatable bonds is 3. The second-order valence-corrected chi connectivity index (χ2v) is 4.49. The SMILES string of the molecule is Cn1cncc1COc1cccc2c1CCC2=O. The molecule has 1 aliphatic carbocycles. The summed E-state index contributed by atoms with van der Waals surface area (Å²) in [5.74, 6) is 1.04. The maximum atomic E-state index is 11.6. The lowest BCUT2D eigenvalue weighted by atomic mass is 10.1. The van der Waals surface area contributed by atoms with Crippen molar-refractivity contribution in [2.24, 2.45) is 7.05 Å². The molecule has 92 valence electrons. The van der Waals surface area contributed by atoms with Crippen molar-refractivity contribution in [2.75, 3.05) is 0 Å². The smallest absolute Gasteiger partial charge is 0.163 e. The van der Waals surface area contributed by atoms with Gasteiger partial charge >= 0.3 is 0 Å². The van der Waals surface area contributed by atoms with Crippen molar-refractivity contribution >= 4 is 5.78 Å². The first-order chi connectivity index (χ1) is 8.75. The van der Waals surface area contributed by atoms with Crippen molar-refractivity contribution in [3.63, 3.8) is 0 Å². The highest BCUT2D eigenvalue weighted by molar-refractivity contribution is 6.01. The summed E-state index contributed by atoms with van der Waals surface area (Å²) in [6.07, 6.45) is 4.92. The van der Waals surface area contributed by atoms with Crippen LogP contribution in [0.15, 0.2) is 30.7 Å². The molecule has 1 aromatic carbocycles. The largest absolute Gasteiger partial charge is 0.487 e. The van der Waals surface area contributed by atoms with Gasteiger partial charge in [0, 0.05) is 24.6 Å². The van der Waals surface area contributed by atoms with Gasteiger partial charge in [0.05, 0.1) is 18.2 Å². The number of hydrogen-bond donors (Lipinski definition) is 0. The number of benzene rings is 1. The predicted octanol–water partition coefficient (Wildman–Crippen LogP) is 2.13. The highest BCUT2D eigenvalue weighted by Crippen LogP contribution is 2.30. The summed E-state index contributed by atoms with van der Waals surface area (Å²) >= 11 is 0. The zero-order chi connectivity index (χ0) is 12.5. The average Bonchev–Trinajstić information content (AvgIpc) is 2.95. The quantitative estimate of drug-likeness (QED) is 0.828. The van der Waals surface area contributed by atoms with E-state index in [1.54, 1.807) is 12.5 Å². The molecule has 0 N–H and O–H groups in total. The molecule has 0 amide bonds. The third-order valence-electron chi connectivity index (χ3n) is 3.33. The third kappa shape index (κ3) is 1.79. The summed E-state index contributed by atoms with van der Waals surface area (Å²) in [6.45, 7) is 0.473. The molecular formula is C14H14N2O2. The van der Waals surface area contributed by atoms with Crippen LogP contribution < -0.4 is 4.74 Å². The van der Waals surface area contributed by atoms with Crippen LogP contribution in [0.2, 0.25) is 0 Å². The van der Waals surface area contributed by atoms with Crippen molar-refractivity contribution in [2.45, 2.75) is 19.4 Å². The minimum atomic E-state index is 0.219. The van der Waals surface area contributed by atoms with Crippen molar-refractivity contribution in [1.82, 2.24) is 9.55 Å². The number of aromatic nitrogens is 2. The van der Waals surface area contributed by atoms with Crippen molar-refractivity contribution in [3.8, 4) is 5.75 Å². The van der Waals surface area contributed by atoms with E-state index in [-0.39, 0.29) is 5.78 Å². The maximum absolute atomic E-state index is 11.6. The van der Waals surface area contributed by atoms with Gasteiger partial charge < -0.3 is 9.30 Å². The molecule has 0 spiro atoms. The summed E-state index contributed by atoms with van der Waals surface area (Å²) in [5, 5.41) is 0. The molecule has 3 rings (SSSR count). The second kappa shape index (κ2) is 4.29. The summed E-state index contributed by atoms with van der Waals surface area (Å²) in [6, 6.07) is 5.68. The highest BCUT2D eigenvalue weighted by Gasteiger charge is 2.22. The van der Waals surface area contributed by atoms with E-state index >= 15 is 0 Å². The van der Waals surface area contributed by atoms with Gasteiger partial charge in [-0.05, 0) is 12.5 Å². The molecule has 0 saturated heterocycles.